The lowest BCUT2D eigenvalue weighted by Gasteiger charge is -2.56. The van der Waals surface area contributed by atoms with Crippen molar-refractivity contribution >= 4 is 55.2 Å². The molecular weight excluding hydrogens is 829 g/mol. The second kappa shape index (κ2) is 16.9. The summed E-state index contributed by atoms with van der Waals surface area (Å²) in [6.07, 6.45) is 16.9. The Labute approximate surface area is 373 Å². The van der Waals surface area contributed by atoms with Gasteiger partial charge in [-0.25, -0.2) is 28.1 Å². The molecule has 2 aromatic carbocycles. The highest BCUT2D eigenvalue weighted by Crippen LogP contribution is 2.54. The van der Waals surface area contributed by atoms with Gasteiger partial charge >= 0.3 is 5.69 Å². The minimum atomic E-state index is -4.59. The van der Waals surface area contributed by atoms with Crippen molar-refractivity contribution in [2.75, 3.05) is 36.4 Å². The summed E-state index contributed by atoms with van der Waals surface area (Å²) in [5.41, 5.74) is 6.14. The Balaban J connectivity index is 0.886. The summed E-state index contributed by atoms with van der Waals surface area (Å²) in [4.78, 5) is 43.6. The lowest BCUT2D eigenvalue weighted by Crippen LogP contribution is -2.55. The number of sulfonamides is 1. The Kier molecular flexibility index (Phi) is 11.1. The van der Waals surface area contributed by atoms with Crippen LogP contribution in [0.1, 0.15) is 118 Å². The van der Waals surface area contributed by atoms with E-state index in [4.69, 9.17) is 4.98 Å². The molecule has 1 amide bonds. The molecule has 3 N–H and O–H groups in total. The summed E-state index contributed by atoms with van der Waals surface area (Å²) in [7, 11) is -4.59. The first-order valence-electron chi connectivity index (χ1n) is 23.0. The number of aromatic amines is 1. The van der Waals surface area contributed by atoms with Crippen molar-refractivity contribution in [2.24, 2.45) is 11.3 Å². The van der Waals surface area contributed by atoms with Crippen molar-refractivity contribution in [1.29, 1.82) is 0 Å². The normalized spacial score (nSPS) is 19.7. The quantitative estimate of drug-likeness (QED) is 0.0787. The standard InChI is InChI=1S/C48H56N10O5S/c1-31(2)37-11-6-7-12-38(37)41-13-8-20-56(41)35-26-48(27-35)17-21-55(22-18-48)34-14-15-39(42(24-34)57-43-23-33-16-19-49-45(33)53-40(43)30-52-57)47(59)54-64(62,63)36-25-44(58(60)61)46(51-29-36)50-28-32-9-4-3-5-10-32/h6-7,11-12,14-16,19,23-25,29-32,35,41,52H,3-5,8-10,13,17-18,20-22,26-28H2,1-2H3,(H,50,51)(H,54,59)/t41-/m0/s1. The fourth-order valence-corrected chi connectivity index (χ4v) is 12.1. The Hall–Kier alpha value is -5.87. The van der Waals surface area contributed by atoms with Gasteiger partial charge in [-0.05, 0) is 117 Å². The number of carbonyl (C=O) groups is 1. The summed E-state index contributed by atoms with van der Waals surface area (Å²) >= 11 is 0. The number of nitro groups is 1. The summed E-state index contributed by atoms with van der Waals surface area (Å²) in [5, 5.41) is 19.3. The lowest BCUT2D eigenvalue weighted by molar-refractivity contribution is -0.384. The number of H-pyrrole nitrogens is 1. The molecule has 0 unspecified atom stereocenters. The smallest absolute Gasteiger partial charge is 0.312 e. The SMILES string of the molecule is CC(C)c1ccccc1[C@@H]1CCCN1C1CC2(CCN(c3ccc(C(=O)NS(=O)(=O)c4cnc(NCC5CCCCC5)c([N+](=O)[O-])c4)c(-n4[nH]cc5nc6nccc6cc54)c3)CC2)C1. The second-order valence-corrected chi connectivity index (χ2v) is 20.6. The topological polar surface area (TPSA) is 184 Å². The van der Waals surface area contributed by atoms with E-state index >= 15 is 0 Å². The van der Waals surface area contributed by atoms with Gasteiger partial charge in [-0.1, -0.05) is 57.4 Å². The molecule has 10 rings (SSSR count). The number of hydrogen-bond acceptors (Lipinski definition) is 11. The van der Waals surface area contributed by atoms with E-state index in [1.54, 1.807) is 23.1 Å². The van der Waals surface area contributed by atoms with Crippen LogP contribution in [0.5, 0.6) is 0 Å². The molecule has 6 heterocycles. The number of rotatable bonds is 12. The molecule has 4 aliphatic rings. The monoisotopic (exact) mass is 884 g/mol. The number of benzene rings is 2. The fraction of sp³-hybridized carbons (Fsp3) is 0.458. The third-order valence-corrected chi connectivity index (χ3v) is 16.0. The van der Waals surface area contributed by atoms with Crippen molar-refractivity contribution in [3.8, 4) is 5.69 Å². The predicted molar refractivity (Wildman–Crippen MR) is 247 cm³/mol. The van der Waals surface area contributed by atoms with Gasteiger partial charge in [0.25, 0.3) is 15.9 Å². The van der Waals surface area contributed by atoms with Crippen LogP contribution in [0.2, 0.25) is 0 Å². The molecule has 334 valence electrons. The van der Waals surface area contributed by atoms with Crippen molar-refractivity contribution < 1.29 is 18.1 Å². The molecule has 1 atom stereocenters. The van der Waals surface area contributed by atoms with E-state index in [0.29, 0.717) is 58.2 Å². The summed E-state index contributed by atoms with van der Waals surface area (Å²) in [6.45, 7) is 7.98. The van der Waals surface area contributed by atoms with E-state index in [1.807, 2.05) is 24.3 Å². The maximum absolute atomic E-state index is 14.2. The number of nitrogens with zero attached hydrogens (tertiary/aromatic N) is 7. The highest BCUT2D eigenvalue weighted by molar-refractivity contribution is 7.90. The Morgan fingerprint density at radius 3 is 2.55 bits per heavy atom. The van der Waals surface area contributed by atoms with Crippen LogP contribution in [0.3, 0.4) is 0 Å². The van der Waals surface area contributed by atoms with Gasteiger partial charge in [0.05, 0.1) is 27.9 Å². The number of piperidine rings is 1. The van der Waals surface area contributed by atoms with Gasteiger partial charge in [0.1, 0.15) is 10.4 Å². The average molecular weight is 885 g/mol. The third kappa shape index (κ3) is 7.99. The first kappa shape index (κ1) is 42.1. The van der Waals surface area contributed by atoms with Crippen LogP contribution in [-0.4, -0.2) is 81.1 Å². The zero-order chi connectivity index (χ0) is 44.2. The van der Waals surface area contributed by atoms with E-state index < -0.39 is 31.4 Å². The Morgan fingerprint density at radius 1 is 0.969 bits per heavy atom. The summed E-state index contributed by atoms with van der Waals surface area (Å²) in [6, 6.07) is 20.3. The number of aromatic nitrogens is 5. The van der Waals surface area contributed by atoms with Crippen molar-refractivity contribution in [1.82, 2.24) is 34.4 Å². The second-order valence-electron chi connectivity index (χ2n) is 18.9. The molecule has 4 fully saturated rings. The Bertz CT molecular complexity index is 2830. The molecule has 4 aromatic heterocycles. The molecule has 1 spiro atoms. The van der Waals surface area contributed by atoms with E-state index in [9.17, 15) is 23.3 Å². The van der Waals surface area contributed by atoms with Crippen LogP contribution >= 0.6 is 0 Å². The van der Waals surface area contributed by atoms with Gasteiger partial charge < -0.3 is 10.2 Å². The maximum Gasteiger partial charge on any atom is 0.312 e. The van der Waals surface area contributed by atoms with E-state index in [2.05, 4.69) is 73.0 Å². The molecule has 2 aliphatic heterocycles. The lowest BCUT2D eigenvalue weighted by atomic mass is 9.59. The van der Waals surface area contributed by atoms with Gasteiger partial charge in [-0.3, -0.25) is 29.6 Å². The average Bonchev–Trinajstić information content (AvgIpc) is 4.07. The van der Waals surface area contributed by atoms with Gasteiger partial charge in [0.2, 0.25) is 5.82 Å². The van der Waals surface area contributed by atoms with Crippen LogP contribution in [0.25, 0.3) is 27.8 Å². The van der Waals surface area contributed by atoms with Crippen LogP contribution in [-0.2, 0) is 10.0 Å². The molecule has 2 saturated carbocycles. The van der Waals surface area contributed by atoms with Gasteiger partial charge in [0.15, 0.2) is 5.65 Å². The highest BCUT2D eigenvalue weighted by atomic mass is 32.2. The first-order valence-corrected chi connectivity index (χ1v) is 24.4. The summed E-state index contributed by atoms with van der Waals surface area (Å²) in [5.74, 6) is -0.0274. The minimum absolute atomic E-state index is 0.000681. The number of anilines is 2. The molecule has 15 nitrogen and oxygen atoms in total. The van der Waals surface area contributed by atoms with Crippen molar-refractivity contribution in [3.05, 3.63) is 106 Å². The fourth-order valence-electron chi connectivity index (χ4n) is 11.2. The molecular formula is C48H56N10O5S. The first-order chi connectivity index (χ1) is 30.9. The van der Waals surface area contributed by atoms with E-state index in [1.165, 1.54) is 43.2 Å². The molecule has 16 heteroatoms. The van der Waals surface area contributed by atoms with Crippen LogP contribution in [0.4, 0.5) is 17.2 Å². The molecule has 2 aliphatic carbocycles. The van der Waals surface area contributed by atoms with Gasteiger partial charge in [-0.15, -0.1) is 0 Å². The number of nitrogens with one attached hydrogen (secondary N) is 3. The zero-order valence-corrected chi connectivity index (χ0v) is 37.3. The van der Waals surface area contributed by atoms with Crippen LogP contribution in [0.15, 0.2) is 84.1 Å². The number of pyridine rings is 2. The molecule has 2 saturated heterocycles. The third-order valence-electron chi connectivity index (χ3n) is 14.7. The predicted octanol–water partition coefficient (Wildman–Crippen LogP) is 9.03. The zero-order valence-electron chi connectivity index (χ0n) is 36.5. The van der Waals surface area contributed by atoms with E-state index in [0.717, 1.165) is 81.5 Å². The van der Waals surface area contributed by atoms with E-state index in [-0.39, 0.29) is 11.4 Å². The van der Waals surface area contributed by atoms with Gasteiger partial charge in [0, 0.05) is 61.3 Å². The summed E-state index contributed by atoms with van der Waals surface area (Å²) < 4.78 is 31.6. The molecule has 6 aromatic rings. The number of fused-ring (bicyclic) bond motifs is 2. The van der Waals surface area contributed by atoms with Crippen LogP contribution in [0, 0.1) is 21.4 Å². The number of amides is 1. The number of hydrogen-bond donors (Lipinski definition) is 3. The Morgan fingerprint density at radius 2 is 1.77 bits per heavy atom. The largest absolute Gasteiger partial charge is 0.371 e. The van der Waals surface area contributed by atoms with Crippen molar-refractivity contribution in [3.63, 3.8) is 0 Å². The molecule has 64 heavy (non-hydrogen) atoms. The van der Waals surface area contributed by atoms with Gasteiger partial charge in [-0.2, -0.15) is 0 Å². The van der Waals surface area contributed by atoms with Crippen LogP contribution < -0.4 is 14.9 Å². The number of likely N-dealkylation sites (tertiary alicyclic amines) is 1. The number of carbonyl (C=O) groups excluding carboxylic acids is 1. The molecule has 0 bridgehead atoms. The van der Waals surface area contributed by atoms with Crippen molar-refractivity contribution in [2.45, 2.75) is 107 Å². The minimum Gasteiger partial charge on any atom is -0.371 e. The highest BCUT2D eigenvalue weighted by Gasteiger charge is 2.50. The molecule has 0 radical (unpaired) electrons. The maximum atomic E-state index is 14.2.